The molecule has 2 rings (SSSR count). The van der Waals surface area contributed by atoms with Crippen LogP contribution in [0.25, 0.3) is 0 Å². The molecular formula is C10H17N3O2. The lowest BCUT2D eigenvalue weighted by atomic mass is 9.72. The Labute approximate surface area is 89.0 Å². The molecule has 2 fully saturated rings. The number of nitrogens with zero attached hydrogens (tertiary/aromatic N) is 1. The number of carbonyl (C=O) groups excluding carboxylic acids is 2. The highest BCUT2D eigenvalue weighted by Gasteiger charge is 2.54. The van der Waals surface area contributed by atoms with Crippen molar-refractivity contribution in [2.24, 2.45) is 11.7 Å². The van der Waals surface area contributed by atoms with Crippen molar-refractivity contribution >= 4 is 11.9 Å². The van der Waals surface area contributed by atoms with Crippen LogP contribution >= 0.6 is 0 Å². The predicted molar refractivity (Wildman–Crippen MR) is 55.0 cm³/mol. The fourth-order valence-electron chi connectivity index (χ4n) is 2.73. The smallest absolute Gasteiger partial charge is 0.324 e. The second kappa shape index (κ2) is 3.48. The Morgan fingerprint density at radius 2 is 2.27 bits per heavy atom. The van der Waals surface area contributed by atoms with Gasteiger partial charge in [0.15, 0.2) is 0 Å². The van der Waals surface area contributed by atoms with Gasteiger partial charge in [-0.25, -0.2) is 4.79 Å². The number of carbonyl (C=O) groups is 2. The first kappa shape index (κ1) is 10.4. The fraction of sp³-hybridized carbons (Fsp3) is 0.800. The maximum atomic E-state index is 12.0. The van der Waals surface area contributed by atoms with E-state index in [1.165, 1.54) is 11.9 Å². The van der Waals surface area contributed by atoms with Crippen LogP contribution in [0.2, 0.25) is 0 Å². The molecule has 1 spiro atoms. The molecule has 0 aromatic carbocycles. The topological polar surface area (TPSA) is 75.4 Å². The van der Waals surface area contributed by atoms with Crippen molar-refractivity contribution in [1.82, 2.24) is 10.2 Å². The normalized spacial score (nSPS) is 36.1. The summed E-state index contributed by atoms with van der Waals surface area (Å²) in [6, 6.07) is -0.291. The number of likely N-dealkylation sites (N-methyl/N-ethyl adjacent to an activating group) is 1. The highest BCUT2D eigenvalue weighted by molar-refractivity contribution is 6.07. The minimum absolute atomic E-state index is 0.0904. The largest absolute Gasteiger partial charge is 0.330 e. The van der Waals surface area contributed by atoms with Gasteiger partial charge in [0, 0.05) is 13.0 Å². The molecule has 3 amide bonds. The van der Waals surface area contributed by atoms with E-state index in [0.717, 1.165) is 25.7 Å². The van der Waals surface area contributed by atoms with Gasteiger partial charge in [-0.1, -0.05) is 12.8 Å². The van der Waals surface area contributed by atoms with E-state index in [1.54, 1.807) is 0 Å². The van der Waals surface area contributed by atoms with E-state index >= 15 is 0 Å². The Kier molecular flexibility index (Phi) is 2.42. The Hall–Kier alpha value is -1.10. The summed E-state index contributed by atoms with van der Waals surface area (Å²) in [7, 11) is 1.52. The van der Waals surface area contributed by atoms with Crippen LogP contribution in [-0.2, 0) is 4.79 Å². The molecule has 84 valence electrons. The van der Waals surface area contributed by atoms with Crippen LogP contribution < -0.4 is 11.1 Å². The fourth-order valence-corrected chi connectivity index (χ4v) is 2.73. The average molecular weight is 211 g/mol. The van der Waals surface area contributed by atoms with Crippen molar-refractivity contribution in [3.8, 4) is 0 Å². The maximum absolute atomic E-state index is 12.0. The van der Waals surface area contributed by atoms with Gasteiger partial charge in [0.05, 0.1) is 0 Å². The Balaban J connectivity index is 2.31. The molecule has 1 saturated heterocycles. The number of amides is 3. The molecule has 15 heavy (non-hydrogen) atoms. The van der Waals surface area contributed by atoms with Crippen LogP contribution in [0.5, 0.6) is 0 Å². The van der Waals surface area contributed by atoms with E-state index in [1.807, 2.05) is 0 Å². The summed E-state index contributed by atoms with van der Waals surface area (Å²) in [6.07, 6.45) is 3.73. The zero-order valence-corrected chi connectivity index (χ0v) is 8.95. The molecule has 2 aliphatic rings. The van der Waals surface area contributed by atoms with Crippen LogP contribution in [0.4, 0.5) is 4.79 Å². The first-order valence-corrected chi connectivity index (χ1v) is 5.42. The first-order chi connectivity index (χ1) is 7.12. The summed E-state index contributed by atoms with van der Waals surface area (Å²) in [5, 5.41) is 2.83. The van der Waals surface area contributed by atoms with Crippen molar-refractivity contribution in [2.45, 2.75) is 31.2 Å². The molecule has 5 heteroatoms. The Morgan fingerprint density at radius 3 is 2.80 bits per heavy atom. The summed E-state index contributed by atoms with van der Waals surface area (Å²) in [5.74, 6) is -0.0182. The predicted octanol–water partition coefficient (Wildman–Crippen LogP) is 0.0557. The third-order valence-corrected chi connectivity index (χ3v) is 3.68. The summed E-state index contributed by atoms with van der Waals surface area (Å²) in [6.45, 7) is 0.458. The molecule has 0 radical (unpaired) electrons. The second-order valence-corrected chi connectivity index (χ2v) is 4.44. The van der Waals surface area contributed by atoms with Gasteiger partial charge in [-0.05, 0) is 19.4 Å². The molecule has 1 aliphatic carbocycles. The van der Waals surface area contributed by atoms with E-state index in [2.05, 4.69) is 5.32 Å². The van der Waals surface area contributed by atoms with Crippen LogP contribution in [0, 0.1) is 5.92 Å². The van der Waals surface area contributed by atoms with Crippen molar-refractivity contribution in [1.29, 1.82) is 0 Å². The maximum Gasteiger partial charge on any atom is 0.324 e. The molecule has 1 aliphatic heterocycles. The third kappa shape index (κ3) is 1.33. The van der Waals surface area contributed by atoms with Gasteiger partial charge in [-0.15, -0.1) is 0 Å². The third-order valence-electron chi connectivity index (χ3n) is 3.68. The van der Waals surface area contributed by atoms with Crippen LogP contribution in [0.15, 0.2) is 0 Å². The van der Waals surface area contributed by atoms with E-state index < -0.39 is 5.54 Å². The van der Waals surface area contributed by atoms with Gasteiger partial charge < -0.3 is 11.1 Å². The van der Waals surface area contributed by atoms with Crippen molar-refractivity contribution in [3.05, 3.63) is 0 Å². The summed E-state index contributed by atoms with van der Waals surface area (Å²) in [5.41, 5.74) is 4.99. The molecule has 1 saturated carbocycles. The quantitative estimate of drug-likeness (QED) is 0.602. The Bertz CT molecular complexity index is 305. The lowest BCUT2D eigenvalue weighted by Gasteiger charge is -2.38. The number of urea groups is 1. The number of hydrogen-bond donors (Lipinski definition) is 2. The first-order valence-electron chi connectivity index (χ1n) is 5.42. The highest BCUT2D eigenvalue weighted by atomic mass is 16.2. The Morgan fingerprint density at radius 1 is 1.53 bits per heavy atom. The molecule has 3 N–H and O–H groups in total. The van der Waals surface area contributed by atoms with Crippen LogP contribution in [0.1, 0.15) is 25.7 Å². The van der Waals surface area contributed by atoms with E-state index in [0.29, 0.717) is 6.54 Å². The number of imide groups is 1. The zero-order chi connectivity index (χ0) is 11.1. The molecule has 0 aromatic heterocycles. The number of hydrogen-bond acceptors (Lipinski definition) is 3. The molecule has 0 bridgehead atoms. The van der Waals surface area contributed by atoms with Gasteiger partial charge in [0.25, 0.3) is 5.91 Å². The molecule has 1 heterocycles. The minimum atomic E-state index is -0.696. The van der Waals surface area contributed by atoms with Gasteiger partial charge in [0.2, 0.25) is 0 Å². The highest BCUT2D eigenvalue weighted by Crippen LogP contribution is 2.37. The van der Waals surface area contributed by atoms with Crippen molar-refractivity contribution in [2.75, 3.05) is 13.6 Å². The lowest BCUT2D eigenvalue weighted by molar-refractivity contribution is -0.133. The van der Waals surface area contributed by atoms with Gasteiger partial charge in [-0.2, -0.15) is 0 Å². The number of rotatable bonds is 1. The average Bonchev–Trinajstić information content (AvgIpc) is 2.45. The lowest BCUT2D eigenvalue weighted by Crippen LogP contribution is -2.56. The molecule has 2 atom stereocenters. The van der Waals surface area contributed by atoms with Crippen LogP contribution in [0.3, 0.4) is 0 Å². The van der Waals surface area contributed by atoms with E-state index in [4.69, 9.17) is 5.73 Å². The van der Waals surface area contributed by atoms with Crippen LogP contribution in [-0.4, -0.2) is 36.0 Å². The second-order valence-electron chi connectivity index (χ2n) is 4.44. The summed E-state index contributed by atoms with van der Waals surface area (Å²) in [4.78, 5) is 24.7. The van der Waals surface area contributed by atoms with Crippen molar-refractivity contribution in [3.63, 3.8) is 0 Å². The number of nitrogens with two attached hydrogens (primary N) is 1. The minimum Gasteiger partial charge on any atom is -0.330 e. The van der Waals surface area contributed by atoms with E-state index in [9.17, 15) is 9.59 Å². The van der Waals surface area contributed by atoms with Gasteiger partial charge in [0.1, 0.15) is 5.54 Å². The monoisotopic (exact) mass is 211 g/mol. The summed E-state index contributed by atoms with van der Waals surface area (Å²) >= 11 is 0. The summed E-state index contributed by atoms with van der Waals surface area (Å²) < 4.78 is 0. The SMILES string of the molecule is CN1C(=O)NC2(CCCCC2CN)C1=O. The van der Waals surface area contributed by atoms with Gasteiger partial charge >= 0.3 is 6.03 Å². The number of nitrogens with one attached hydrogen (secondary N) is 1. The molecule has 0 aromatic rings. The molecular weight excluding hydrogens is 194 g/mol. The zero-order valence-electron chi connectivity index (χ0n) is 8.95. The molecule has 5 nitrogen and oxygen atoms in total. The van der Waals surface area contributed by atoms with Crippen molar-refractivity contribution < 1.29 is 9.59 Å². The van der Waals surface area contributed by atoms with E-state index in [-0.39, 0.29) is 17.9 Å². The standard InChI is InChI=1S/C10H17N3O2/c1-13-8(14)10(12-9(13)15)5-3-2-4-7(10)6-11/h7H,2-6,11H2,1H3,(H,12,15). The molecule has 2 unspecified atom stereocenters. The van der Waals surface area contributed by atoms with Gasteiger partial charge in [-0.3, -0.25) is 9.69 Å².